The summed E-state index contributed by atoms with van der Waals surface area (Å²) in [6.45, 7) is 14.7. The van der Waals surface area contributed by atoms with Crippen LogP contribution in [0, 0.1) is 5.92 Å². The van der Waals surface area contributed by atoms with Gasteiger partial charge in [-0.2, -0.15) is 0 Å². The minimum Gasteiger partial charge on any atom is -0.411 e. The molecule has 0 amide bonds. The molecular weight excluding hydrogens is 323 g/mol. The van der Waals surface area contributed by atoms with Crippen molar-refractivity contribution in [2.75, 3.05) is 19.6 Å². The molecular formula is C17H39N4O2P. The molecule has 6 nitrogen and oxygen atoms in total. The second kappa shape index (κ2) is 11.4. The maximum atomic E-state index is 9.36. The quantitative estimate of drug-likeness (QED) is 0.150. The van der Waals surface area contributed by atoms with Crippen LogP contribution in [-0.2, 0) is 0 Å². The fourth-order valence-corrected chi connectivity index (χ4v) is 2.85. The predicted molar refractivity (Wildman–Crippen MR) is 105 cm³/mol. The summed E-state index contributed by atoms with van der Waals surface area (Å²) < 4.78 is 0. The minimum atomic E-state index is -0.306. The molecule has 0 aliphatic rings. The molecule has 0 aromatic carbocycles. The zero-order valence-corrected chi connectivity index (χ0v) is 17.3. The molecule has 7 heteroatoms. The van der Waals surface area contributed by atoms with Gasteiger partial charge >= 0.3 is 0 Å². The van der Waals surface area contributed by atoms with E-state index >= 15 is 0 Å². The molecule has 0 bridgehead atoms. The van der Waals surface area contributed by atoms with Crippen molar-refractivity contribution >= 4 is 14.5 Å². The van der Waals surface area contributed by atoms with Gasteiger partial charge in [-0.1, -0.05) is 12.1 Å². The lowest BCUT2D eigenvalue weighted by atomic mass is 9.94. The van der Waals surface area contributed by atoms with E-state index in [-0.39, 0.29) is 25.5 Å². The average molecular weight is 362 g/mol. The Balaban J connectivity index is 4.32. The maximum absolute atomic E-state index is 9.36. The molecule has 0 saturated carbocycles. The molecule has 0 fully saturated rings. The molecule has 0 aliphatic carbocycles. The van der Waals surface area contributed by atoms with Crippen molar-refractivity contribution in [3.63, 3.8) is 0 Å². The van der Waals surface area contributed by atoms with Crippen molar-refractivity contribution in [3.05, 3.63) is 0 Å². The first-order valence-electron chi connectivity index (χ1n) is 8.89. The Morgan fingerprint density at radius 3 is 2.12 bits per heavy atom. The van der Waals surface area contributed by atoms with Gasteiger partial charge in [-0.3, -0.25) is 0 Å². The summed E-state index contributed by atoms with van der Waals surface area (Å²) in [6.07, 6.45) is 3.12. The van der Waals surface area contributed by atoms with Gasteiger partial charge in [0.25, 0.3) is 0 Å². The van der Waals surface area contributed by atoms with Crippen LogP contribution in [0.1, 0.15) is 60.8 Å². The van der Waals surface area contributed by atoms with Crippen LogP contribution < -0.4 is 16.4 Å². The summed E-state index contributed by atoms with van der Waals surface area (Å²) >= 11 is 0. The summed E-state index contributed by atoms with van der Waals surface area (Å²) in [4.78, 5) is 9.36. The van der Waals surface area contributed by atoms with Gasteiger partial charge in [0.1, 0.15) is 0 Å². The molecule has 3 unspecified atom stereocenters. The highest BCUT2D eigenvalue weighted by atomic mass is 31.1. The van der Waals surface area contributed by atoms with Crippen LogP contribution in [0.15, 0.2) is 5.16 Å². The zero-order chi connectivity index (χ0) is 18.8. The molecule has 24 heavy (non-hydrogen) atoms. The smallest absolute Gasteiger partial charge is 0.0734 e. The van der Waals surface area contributed by atoms with Crippen LogP contribution >= 0.6 is 8.81 Å². The highest BCUT2D eigenvalue weighted by Gasteiger charge is 2.25. The van der Waals surface area contributed by atoms with Gasteiger partial charge in [0.15, 0.2) is 0 Å². The Hall–Kier alpha value is -0.260. The highest BCUT2D eigenvalue weighted by molar-refractivity contribution is 7.32. The van der Waals surface area contributed by atoms with Crippen LogP contribution in [-0.4, -0.2) is 52.2 Å². The van der Waals surface area contributed by atoms with Gasteiger partial charge in [0, 0.05) is 20.0 Å². The fraction of sp³-hybridized carbons (Fsp3) is 0.941. The molecule has 0 rings (SSSR count). The normalized spacial score (nSPS) is 16.8. The Morgan fingerprint density at radius 1 is 1.12 bits per heavy atom. The number of nitrogens with zero attached hydrogens (tertiary/aromatic N) is 1. The minimum absolute atomic E-state index is 0.0441. The first-order valence-corrected chi connectivity index (χ1v) is 9.92. The number of oxime groups is 1. The number of hydrogen-bond acceptors (Lipinski definition) is 6. The largest absolute Gasteiger partial charge is 0.411 e. The summed E-state index contributed by atoms with van der Waals surface area (Å²) in [5, 5.41) is 19.2. The molecule has 0 aromatic heterocycles. The average Bonchev–Trinajstić information content (AvgIpc) is 2.52. The lowest BCUT2D eigenvalue weighted by Crippen LogP contribution is -2.47. The number of nitrogens with two attached hydrogens (primary N) is 1. The van der Waals surface area contributed by atoms with Crippen molar-refractivity contribution in [3.8, 4) is 0 Å². The third-order valence-corrected chi connectivity index (χ3v) is 6.27. The summed E-state index contributed by atoms with van der Waals surface area (Å²) in [5.41, 5.74) is 6.32. The summed E-state index contributed by atoms with van der Waals surface area (Å²) in [7, 11) is -0.0441. The fourth-order valence-electron chi connectivity index (χ4n) is 2.42. The van der Waals surface area contributed by atoms with Crippen molar-refractivity contribution < 1.29 is 10.1 Å². The maximum Gasteiger partial charge on any atom is 0.0734 e. The zero-order valence-electron chi connectivity index (χ0n) is 16.3. The Kier molecular flexibility index (Phi) is 11.3. The van der Waals surface area contributed by atoms with Crippen molar-refractivity contribution in [2.45, 2.75) is 77.5 Å². The third kappa shape index (κ3) is 8.72. The topological polar surface area (TPSA) is 103 Å². The molecule has 0 aromatic rings. The lowest BCUT2D eigenvalue weighted by molar-refractivity contribution is 0.308. The SMILES string of the molecule is C/C(=N/O)C(C)(C)NCCC(CCN)CCNC(C)(C)C(C)PO. The van der Waals surface area contributed by atoms with E-state index in [1.807, 2.05) is 20.8 Å². The van der Waals surface area contributed by atoms with Gasteiger partial charge in [0.2, 0.25) is 0 Å². The monoisotopic (exact) mass is 362 g/mol. The Bertz CT molecular complexity index is 376. The van der Waals surface area contributed by atoms with E-state index < -0.39 is 0 Å². The van der Waals surface area contributed by atoms with Gasteiger partial charge < -0.3 is 26.5 Å². The molecule has 3 atom stereocenters. The van der Waals surface area contributed by atoms with Crippen LogP contribution in [0.4, 0.5) is 0 Å². The summed E-state index contributed by atoms with van der Waals surface area (Å²) in [6, 6.07) is 0. The first-order chi connectivity index (χ1) is 11.1. The van der Waals surface area contributed by atoms with E-state index in [9.17, 15) is 4.89 Å². The molecule has 6 N–H and O–H groups in total. The van der Waals surface area contributed by atoms with Gasteiger partial charge in [-0.25, -0.2) is 0 Å². The lowest BCUT2D eigenvalue weighted by Gasteiger charge is -2.32. The third-order valence-electron chi connectivity index (χ3n) is 5.16. The number of nitrogens with one attached hydrogen (secondary N) is 2. The van der Waals surface area contributed by atoms with Crippen LogP contribution in [0.25, 0.3) is 0 Å². The standard InChI is InChI=1S/C17H39N4O2P/c1-13(21-22)16(3,4)19-11-8-15(7-10-18)9-12-20-17(5,6)14(2)24-23/h14-15,19-20,22-24H,7-12,18H2,1-6H3/b21-13-. The summed E-state index contributed by atoms with van der Waals surface area (Å²) in [5.74, 6) is 0.555. The second-order valence-corrected chi connectivity index (χ2v) is 8.88. The van der Waals surface area contributed by atoms with Gasteiger partial charge in [0.05, 0.1) is 11.3 Å². The molecule has 0 heterocycles. The van der Waals surface area contributed by atoms with E-state index in [0.717, 1.165) is 32.4 Å². The van der Waals surface area contributed by atoms with Crippen molar-refractivity contribution in [1.29, 1.82) is 0 Å². The Labute approximate surface area is 149 Å². The van der Waals surface area contributed by atoms with Gasteiger partial charge in [-0.05, 0) is 79.4 Å². The van der Waals surface area contributed by atoms with Crippen molar-refractivity contribution in [1.82, 2.24) is 10.6 Å². The Morgan fingerprint density at radius 2 is 1.67 bits per heavy atom. The predicted octanol–water partition coefficient (Wildman–Crippen LogP) is 2.29. The first kappa shape index (κ1) is 23.7. The highest BCUT2D eigenvalue weighted by Crippen LogP contribution is 2.25. The van der Waals surface area contributed by atoms with E-state index in [4.69, 9.17) is 10.9 Å². The van der Waals surface area contributed by atoms with Crippen molar-refractivity contribution in [2.24, 2.45) is 16.8 Å². The molecule has 144 valence electrons. The van der Waals surface area contributed by atoms with Gasteiger partial charge in [-0.15, -0.1) is 0 Å². The van der Waals surface area contributed by atoms with Crippen LogP contribution in [0.5, 0.6) is 0 Å². The molecule has 0 aliphatic heterocycles. The second-order valence-electron chi connectivity index (χ2n) is 7.76. The van der Waals surface area contributed by atoms with E-state index in [1.165, 1.54) is 0 Å². The number of rotatable bonds is 13. The van der Waals surface area contributed by atoms with Crippen LogP contribution in [0.2, 0.25) is 0 Å². The van der Waals surface area contributed by atoms with E-state index in [0.29, 0.717) is 18.2 Å². The van der Waals surface area contributed by atoms with E-state index in [2.05, 4.69) is 36.6 Å². The molecule has 0 spiro atoms. The van der Waals surface area contributed by atoms with E-state index in [1.54, 1.807) is 0 Å². The molecule has 0 radical (unpaired) electrons. The number of hydrogen-bond donors (Lipinski definition) is 5. The van der Waals surface area contributed by atoms with Crippen LogP contribution in [0.3, 0.4) is 0 Å². The molecule has 0 saturated heterocycles.